The predicted molar refractivity (Wildman–Crippen MR) is 62.4 cm³/mol. The molecule has 0 unspecified atom stereocenters. The lowest BCUT2D eigenvalue weighted by Crippen LogP contribution is -2.00. The second-order valence-corrected chi connectivity index (χ2v) is 3.62. The molecule has 0 amide bonds. The Balaban J connectivity index is 2.22. The summed E-state index contributed by atoms with van der Waals surface area (Å²) < 4.78 is 13.3. The fourth-order valence-corrected chi connectivity index (χ4v) is 1.34. The van der Waals surface area contributed by atoms with Crippen molar-refractivity contribution in [2.75, 3.05) is 5.32 Å². The van der Waals surface area contributed by atoms with E-state index in [2.05, 4.69) is 15.3 Å². The number of nitrogens with zero attached hydrogens (tertiary/aromatic N) is 2. The maximum Gasteiger partial charge on any atom is 0.227 e. The molecular weight excluding hydrogens is 221 g/mol. The molecule has 17 heavy (non-hydrogen) atoms. The third-order valence-electron chi connectivity index (χ3n) is 2.30. The number of rotatable bonds is 3. The Bertz CT molecular complexity index is 531. The standard InChI is InChI=1S/C12H12FN3O/c1-8-2-3-9(6-11(8)13)15-12-14-5-4-10(7-17)16-12/h2-6,17H,7H2,1H3,(H,14,15,16). The SMILES string of the molecule is Cc1ccc(Nc2nccc(CO)n2)cc1F. The van der Waals surface area contributed by atoms with E-state index in [4.69, 9.17) is 5.11 Å². The minimum absolute atomic E-state index is 0.153. The molecule has 0 saturated carbocycles. The summed E-state index contributed by atoms with van der Waals surface area (Å²) in [4.78, 5) is 8.02. The Kier molecular flexibility index (Phi) is 3.30. The number of aromatic nitrogens is 2. The zero-order valence-corrected chi connectivity index (χ0v) is 9.31. The van der Waals surface area contributed by atoms with Crippen LogP contribution in [0.3, 0.4) is 0 Å². The summed E-state index contributed by atoms with van der Waals surface area (Å²) in [5.41, 5.74) is 1.67. The van der Waals surface area contributed by atoms with E-state index in [0.717, 1.165) is 0 Å². The van der Waals surface area contributed by atoms with Gasteiger partial charge in [-0.15, -0.1) is 0 Å². The number of anilines is 2. The maximum atomic E-state index is 13.3. The van der Waals surface area contributed by atoms with Crippen LogP contribution in [-0.4, -0.2) is 15.1 Å². The Hall–Kier alpha value is -2.01. The van der Waals surface area contributed by atoms with E-state index in [-0.39, 0.29) is 12.4 Å². The number of hydrogen-bond donors (Lipinski definition) is 2. The summed E-state index contributed by atoms with van der Waals surface area (Å²) in [6.45, 7) is 1.54. The van der Waals surface area contributed by atoms with Gasteiger partial charge in [0.15, 0.2) is 0 Å². The first-order chi connectivity index (χ1) is 8.19. The van der Waals surface area contributed by atoms with Gasteiger partial charge in [0, 0.05) is 11.9 Å². The van der Waals surface area contributed by atoms with E-state index in [0.29, 0.717) is 22.9 Å². The van der Waals surface area contributed by atoms with Gasteiger partial charge in [0.1, 0.15) is 5.82 Å². The second-order valence-electron chi connectivity index (χ2n) is 3.62. The number of aryl methyl sites for hydroxylation is 1. The van der Waals surface area contributed by atoms with Gasteiger partial charge < -0.3 is 10.4 Å². The van der Waals surface area contributed by atoms with Crippen LogP contribution in [-0.2, 0) is 6.61 Å². The molecule has 0 bridgehead atoms. The maximum absolute atomic E-state index is 13.3. The molecule has 0 atom stereocenters. The summed E-state index contributed by atoms with van der Waals surface area (Å²) in [5.74, 6) is 0.0492. The van der Waals surface area contributed by atoms with Gasteiger partial charge >= 0.3 is 0 Å². The Morgan fingerprint density at radius 3 is 2.88 bits per heavy atom. The molecule has 0 aliphatic heterocycles. The minimum atomic E-state index is -0.284. The highest BCUT2D eigenvalue weighted by atomic mass is 19.1. The van der Waals surface area contributed by atoms with Gasteiger partial charge in [0.2, 0.25) is 5.95 Å². The van der Waals surface area contributed by atoms with Crippen molar-refractivity contribution < 1.29 is 9.50 Å². The molecule has 5 heteroatoms. The van der Waals surface area contributed by atoms with Crippen LogP contribution in [0.4, 0.5) is 16.0 Å². The monoisotopic (exact) mass is 233 g/mol. The molecule has 0 spiro atoms. The molecule has 0 saturated heterocycles. The Morgan fingerprint density at radius 1 is 1.35 bits per heavy atom. The molecule has 2 N–H and O–H groups in total. The summed E-state index contributed by atoms with van der Waals surface area (Å²) in [6.07, 6.45) is 1.53. The molecule has 2 aromatic rings. The first kappa shape index (κ1) is 11.5. The highest BCUT2D eigenvalue weighted by Gasteiger charge is 2.02. The van der Waals surface area contributed by atoms with Gasteiger partial charge in [0.05, 0.1) is 12.3 Å². The average molecular weight is 233 g/mol. The van der Waals surface area contributed by atoms with Crippen molar-refractivity contribution in [1.29, 1.82) is 0 Å². The number of benzene rings is 1. The average Bonchev–Trinajstić information content (AvgIpc) is 2.34. The molecule has 0 aliphatic carbocycles. The van der Waals surface area contributed by atoms with Gasteiger partial charge in [-0.1, -0.05) is 6.07 Å². The van der Waals surface area contributed by atoms with Gasteiger partial charge in [0.25, 0.3) is 0 Å². The lowest BCUT2D eigenvalue weighted by molar-refractivity contribution is 0.277. The van der Waals surface area contributed by atoms with Gasteiger partial charge in [-0.2, -0.15) is 0 Å². The largest absolute Gasteiger partial charge is 0.390 e. The van der Waals surface area contributed by atoms with E-state index in [1.165, 1.54) is 12.3 Å². The molecule has 4 nitrogen and oxygen atoms in total. The van der Waals surface area contributed by atoms with Crippen LogP contribution in [0.15, 0.2) is 30.5 Å². The van der Waals surface area contributed by atoms with Crippen LogP contribution in [0.1, 0.15) is 11.3 Å². The van der Waals surface area contributed by atoms with Crippen molar-refractivity contribution in [2.45, 2.75) is 13.5 Å². The number of aliphatic hydroxyl groups is 1. The van der Waals surface area contributed by atoms with E-state index >= 15 is 0 Å². The first-order valence-electron chi connectivity index (χ1n) is 5.15. The quantitative estimate of drug-likeness (QED) is 0.852. The lowest BCUT2D eigenvalue weighted by atomic mass is 10.2. The Labute approximate surface area is 98.2 Å². The van der Waals surface area contributed by atoms with E-state index < -0.39 is 0 Å². The Morgan fingerprint density at radius 2 is 2.18 bits per heavy atom. The van der Waals surface area contributed by atoms with Crippen LogP contribution < -0.4 is 5.32 Å². The van der Waals surface area contributed by atoms with Gasteiger partial charge in [-0.05, 0) is 30.7 Å². The zero-order chi connectivity index (χ0) is 12.3. The van der Waals surface area contributed by atoms with Crippen molar-refractivity contribution in [3.05, 3.63) is 47.5 Å². The number of aliphatic hydroxyl groups excluding tert-OH is 1. The number of hydrogen-bond acceptors (Lipinski definition) is 4. The number of nitrogens with one attached hydrogen (secondary N) is 1. The van der Waals surface area contributed by atoms with Crippen LogP contribution in [0, 0.1) is 12.7 Å². The third kappa shape index (κ3) is 2.76. The minimum Gasteiger partial charge on any atom is -0.390 e. The summed E-state index contributed by atoms with van der Waals surface area (Å²) in [6, 6.07) is 6.41. The van der Waals surface area contributed by atoms with E-state index in [1.54, 1.807) is 25.1 Å². The van der Waals surface area contributed by atoms with Crippen molar-refractivity contribution >= 4 is 11.6 Å². The molecule has 1 heterocycles. The smallest absolute Gasteiger partial charge is 0.227 e. The fourth-order valence-electron chi connectivity index (χ4n) is 1.34. The molecule has 0 radical (unpaired) electrons. The normalized spacial score (nSPS) is 10.3. The third-order valence-corrected chi connectivity index (χ3v) is 2.30. The van der Waals surface area contributed by atoms with Crippen molar-refractivity contribution in [3.8, 4) is 0 Å². The van der Waals surface area contributed by atoms with E-state index in [9.17, 15) is 4.39 Å². The lowest BCUT2D eigenvalue weighted by Gasteiger charge is -2.06. The number of halogens is 1. The molecule has 0 fully saturated rings. The van der Waals surface area contributed by atoms with Crippen molar-refractivity contribution in [3.63, 3.8) is 0 Å². The molecule has 2 rings (SSSR count). The first-order valence-corrected chi connectivity index (χ1v) is 5.15. The molecule has 1 aromatic heterocycles. The topological polar surface area (TPSA) is 58.0 Å². The summed E-state index contributed by atoms with van der Waals surface area (Å²) in [5, 5.41) is 11.8. The highest BCUT2D eigenvalue weighted by Crippen LogP contribution is 2.16. The molecule has 1 aromatic carbocycles. The van der Waals surface area contributed by atoms with E-state index in [1.807, 2.05) is 0 Å². The fraction of sp³-hybridized carbons (Fsp3) is 0.167. The second kappa shape index (κ2) is 4.88. The predicted octanol–water partition coefficient (Wildman–Crippen LogP) is 2.16. The van der Waals surface area contributed by atoms with Crippen molar-refractivity contribution in [2.24, 2.45) is 0 Å². The van der Waals surface area contributed by atoms with Crippen LogP contribution >= 0.6 is 0 Å². The van der Waals surface area contributed by atoms with Gasteiger partial charge in [-0.25, -0.2) is 14.4 Å². The van der Waals surface area contributed by atoms with Crippen LogP contribution in [0.5, 0.6) is 0 Å². The summed E-state index contributed by atoms with van der Waals surface area (Å²) in [7, 11) is 0. The molecular formula is C12H12FN3O. The summed E-state index contributed by atoms with van der Waals surface area (Å²) >= 11 is 0. The molecule has 0 aliphatic rings. The van der Waals surface area contributed by atoms with Crippen LogP contribution in [0.25, 0.3) is 0 Å². The van der Waals surface area contributed by atoms with Crippen molar-refractivity contribution in [1.82, 2.24) is 9.97 Å². The molecule has 88 valence electrons. The zero-order valence-electron chi connectivity index (χ0n) is 9.31. The highest BCUT2D eigenvalue weighted by molar-refractivity contribution is 5.53. The van der Waals surface area contributed by atoms with Gasteiger partial charge in [-0.3, -0.25) is 0 Å². The van der Waals surface area contributed by atoms with Crippen LogP contribution in [0.2, 0.25) is 0 Å².